The van der Waals surface area contributed by atoms with Gasteiger partial charge in [-0.25, -0.2) is 18.5 Å². The summed E-state index contributed by atoms with van der Waals surface area (Å²) in [6.07, 6.45) is 0.744. The Bertz CT molecular complexity index is 773. The van der Waals surface area contributed by atoms with Crippen molar-refractivity contribution < 1.29 is 8.42 Å². The van der Waals surface area contributed by atoms with Crippen molar-refractivity contribution in [3.8, 4) is 0 Å². The van der Waals surface area contributed by atoms with Crippen LogP contribution in [-0.4, -0.2) is 18.0 Å². The van der Waals surface area contributed by atoms with Crippen LogP contribution in [0.4, 0.5) is 0 Å². The first-order valence-corrected chi connectivity index (χ1v) is 8.22. The highest BCUT2D eigenvalue weighted by Gasteiger charge is 2.23. The molecule has 0 unspecified atom stereocenters. The molecule has 0 amide bonds. The van der Waals surface area contributed by atoms with Gasteiger partial charge in [0.25, 0.3) is 0 Å². The number of benzene rings is 1. The molecule has 0 saturated heterocycles. The largest absolute Gasteiger partial charge is 0.323 e. The average molecular weight is 316 g/mol. The number of fused-ring (bicyclic) bond motifs is 1. The number of rotatable bonds is 2. The highest BCUT2D eigenvalue weighted by Crippen LogP contribution is 2.31. The lowest BCUT2D eigenvalue weighted by atomic mass is 10.1. The summed E-state index contributed by atoms with van der Waals surface area (Å²) in [6, 6.07) is 3.06. The van der Waals surface area contributed by atoms with Crippen molar-refractivity contribution in [2.45, 2.75) is 44.6 Å². The van der Waals surface area contributed by atoms with Crippen LogP contribution in [0, 0.1) is 0 Å². The molecule has 110 valence electrons. The zero-order chi connectivity index (χ0) is 15.3. The lowest BCUT2D eigenvalue weighted by molar-refractivity contribution is 0.395. The monoisotopic (exact) mass is 315 g/mol. The number of halogens is 1. The first kappa shape index (κ1) is 15.3. The van der Waals surface area contributed by atoms with Gasteiger partial charge in [-0.1, -0.05) is 18.5 Å². The van der Waals surface area contributed by atoms with E-state index in [2.05, 4.69) is 30.3 Å². The van der Waals surface area contributed by atoms with E-state index in [1.165, 1.54) is 6.07 Å². The lowest BCUT2D eigenvalue weighted by Crippen LogP contribution is -2.23. The molecular formula is C13H18ClN3O2S. The van der Waals surface area contributed by atoms with Crippen molar-refractivity contribution in [2.75, 3.05) is 0 Å². The zero-order valence-corrected chi connectivity index (χ0v) is 13.5. The predicted molar refractivity (Wildman–Crippen MR) is 80.5 cm³/mol. The molecule has 1 aromatic carbocycles. The van der Waals surface area contributed by atoms with Gasteiger partial charge in [-0.2, -0.15) is 0 Å². The van der Waals surface area contributed by atoms with E-state index in [9.17, 15) is 8.42 Å². The third-order valence-corrected chi connectivity index (χ3v) is 4.45. The van der Waals surface area contributed by atoms with Crippen LogP contribution >= 0.6 is 11.6 Å². The van der Waals surface area contributed by atoms with Gasteiger partial charge in [0.1, 0.15) is 10.7 Å². The molecule has 2 aromatic rings. The molecule has 2 rings (SSSR count). The van der Waals surface area contributed by atoms with Crippen molar-refractivity contribution in [2.24, 2.45) is 5.14 Å². The summed E-state index contributed by atoms with van der Waals surface area (Å²) in [4.78, 5) is 4.41. The topological polar surface area (TPSA) is 78.0 Å². The quantitative estimate of drug-likeness (QED) is 0.925. The molecule has 0 aliphatic carbocycles. The molecule has 0 aliphatic heterocycles. The summed E-state index contributed by atoms with van der Waals surface area (Å²) >= 11 is 6.06. The standard InChI is InChI=1S/C13H18ClN3O2S/c1-5-12-16-9-7-11(20(15,18)19)8(14)6-10(9)17(12)13(2,3)4/h6-7H,5H2,1-4H3,(H2,15,18,19). The molecule has 0 spiro atoms. The Labute approximate surface area is 123 Å². The van der Waals surface area contributed by atoms with Crippen molar-refractivity contribution in [1.82, 2.24) is 9.55 Å². The number of primary sulfonamides is 1. The highest BCUT2D eigenvalue weighted by atomic mass is 35.5. The van der Waals surface area contributed by atoms with Crippen molar-refractivity contribution in [3.63, 3.8) is 0 Å². The normalized spacial score (nSPS) is 13.1. The Kier molecular flexibility index (Phi) is 3.60. The van der Waals surface area contributed by atoms with E-state index in [0.29, 0.717) is 5.52 Å². The van der Waals surface area contributed by atoms with Gasteiger partial charge in [-0.3, -0.25) is 0 Å². The average Bonchev–Trinajstić information content (AvgIpc) is 2.63. The minimum atomic E-state index is -3.85. The van der Waals surface area contributed by atoms with Gasteiger partial charge in [0.05, 0.1) is 16.1 Å². The summed E-state index contributed by atoms with van der Waals surface area (Å²) in [5, 5.41) is 5.28. The van der Waals surface area contributed by atoms with E-state index < -0.39 is 10.0 Å². The highest BCUT2D eigenvalue weighted by molar-refractivity contribution is 7.89. The first-order chi connectivity index (χ1) is 9.05. The molecule has 0 radical (unpaired) electrons. The number of aromatic nitrogens is 2. The molecule has 1 heterocycles. The minimum Gasteiger partial charge on any atom is -0.323 e. The Morgan fingerprint density at radius 2 is 1.95 bits per heavy atom. The molecule has 0 saturated carbocycles. The van der Waals surface area contributed by atoms with Crippen LogP contribution in [0.25, 0.3) is 11.0 Å². The Morgan fingerprint density at radius 1 is 1.35 bits per heavy atom. The summed E-state index contributed by atoms with van der Waals surface area (Å²) in [7, 11) is -3.85. The van der Waals surface area contributed by atoms with Crippen LogP contribution in [0.3, 0.4) is 0 Å². The maximum absolute atomic E-state index is 11.5. The second-order valence-electron chi connectivity index (χ2n) is 5.70. The number of hydrogen-bond donors (Lipinski definition) is 1. The van der Waals surface area contributed by atoms with Gasteiger partial charge in [0.2, 0.25) is 10.0 Å². The maximum atomic E-state index is 11.5. The van der Waals surface area contributed by atoms with Crippen molar-refractivity contribution in [1.29, 1.82) is 0 Å². The summed E-state index contributed by atoms with van der Waals surface area (Å²) in [5.41, 5.74) is 1.23. The third-order valence-electron chi connectivity index (χ3n) is 3.07. The number of sulfonamides is 1. The van der Waals surface area contributed by atoms with Gasteiger partial charge in [0, 0.05) is 12.0 Å². The van der Waals surface area contributed by atoms with Crippen LogP contribution in [0.1, 0.15) is 33.5 Å². The molecule has 20 heavy (non-hydrogen) atoms. The fourth-order valence-corrected chi connectivity index (χ4v) is 3.42. The summed E-state index contributed by atoms with van der Waals surface area (Å²) in [6.45, 7) is 8.20. The maximum Gasteiger partial charge on any atom is 0.239 e. The zero-order valence-electron chi connectivity index (χ0n) is 11.9. The van der Waals surface area contributed by atoms with Gasteiger partial charge in [0.15, 0.2) is 0 Å². The Balaban J connectivity index is 2.88. The van der Waals surface area contributed by atoms with E-state index in [1.807, 2.05) is 6.92 Å². The van der Waals surface area contributed by atoms with E-state index in [4.69, 9.17) is 16.7 Å². The Hall–Kier alpha value is -1.11. The van der Waals surface area contributed by atoms with Crippen LogP contribution in [0.5, 0.6) is 0 Å². The van der Waals surface area contributed by atoms with Crippen LogP contribution in [0.2, 0.25) is 5.02 Å². The lowest BCUT2D eigenvalue weighted by Gasteiger charge is -2.24. The number of nitrogens with zero attached hydrogens (tertiary/aromatic N) is 2. The SMILES string of the molecule is CCc1nc2cc(S(N)(=O)=O)c(Cl)cc2n1C(C)(C)C. The van der Waals surface area contributed by atoms with Gasteiger partial charge in [-0.05, 0) is 32.9 Å². The smallest absolute Gasteiger partial charge is 0.239 e. The van der Waals surface area contributed by atoms with Crippen LogP contribution < -0.4 is 5.14 Å². The van der Waals surface area contributed by atoms with Crippen LogP contribution in [-0.2, 0) is 22.0 Å². The third kappa shape index (κ3) is 2.55. The van der Waals surface area contributed by atoms with E-state index in [-0.39, 0.29) is 15.5 Å². The minimum absolute atomic E-state index is 0.0899. The molecule has 0 bridgehead atoms. The van der Waals surface area contributed by atoms with Gasteiger partial charge >= 0.3 is 0 Å². The Morgan fingerprint density at radius 3 is 2.40 bits per heavy atom. The molecule has 2 N–H and O–H groups in total. The number of aryl methyl sites for hydroxylation is 1. The predicted octanol–water partition coefficient (Wildman–Crippen LogP) is 2.65. The molecule has 0 fully saturated rings. The first-order valence-electron chi connectivity index (χ1n) is 6.30. The number of hydrogen-bond acceptors (Lipinski definition) is 3. The molecule has 1 aromatic heterocycles. The van der Waals surface area contributed by atoms with Gasteiger partial charge in [-0.15, -0.1) is 0 Å². The van der Waals surface area contributed by atoms with E-state index >= 15 is 0 Å². The second kappa shape index (κ2) is 4.72. The fourth-order valence-electron chi connectivity index (χ4n) is 2.33. The molecule has 5 nitrogen and oxygen atoms in total. The van der Waals surface area contributed by atoms with E-state index in [0.717, 1.165) is 17.8 Å². The fraction of sp³-hybridized carbons (Fsp3) is 0.462. The van der Waals surface area contributed by atoms with Crippen molar-refractivity contribution >= 4 is 32.7 Å². The summed E-state index contributed by atoms with van der Waals surface area (Å²) < 4.78 is 25.1. The number of imidazole rings is 1. The van der Waals surface area contributed by atoms with E-state index in [1.54, 1.807) is 6.07 Å². The molecular weight excluding hydrogens is 298 g/mol. The second-order valence-corrected chi connectivity index (χ2v) is 7.64. The summed E-state index contributed by atoms with van der Waals surface area (Å²) in [5.74, 6) is 0.884. The van der Waals surface area contributed by atoms with Crippen LogP contribution in [0.15, 0.2) is 17.0 Å². The molecule has 7 heteroatoms. The van der Waals surface area contributed by atoms with Crippen molar-refractivity contribution in [3.05, 3.63) is 23.0 Å². The molecule has 0 aliphatic rings. The number of nitrogens with two attached hydrogens (primary N) is 1. The molecule has 0 atom stereocenters. The van der Waals surface area contributed by atoms with Gasteiger partial charge < -0.3 is 4.57 Å².